The number of amides is 1. The van der Waals surface area contributed by atoms with Gasteiger partial charge in [0.15, 0.2) is 5.79 Å². The number of carboxylic acid groups (broad SMARTS) is 1. The summed E-state index contributed by atoms with van der Waals surface area (Å²) in [6.07, 6.45) is -0.586. The van der Waals surface area contributed by atoms with Crippen molar-refractivity contribution in [3.63, 3.8) is 0 Å². The standard InChI is InChI=1S/C12H16N2O6.Na/c1-5(15)13-8-7(14-18)4-6(11(16)17)9-10(8)20-12(2,3)19-9;/h4,8-10,18H,1-3H3,(H,13,15)(H,16,17);/q;+1/p-1/b14-7-;/t8-,9-,10+;/m1./s1. The molecule has 1 saturated heterocycles. The number of hydrogen-bond acceptors (Lipinski definition) is 7. The molecule has 0 bridgehead atoms. The van der Waals surface area contributed by atoms with E-state index in [0.717, 1.165) is 6.08 Å². The Labute approximate surface area is 143 Å². The van der Waals surface area contributed by atoms with E-state index in [0.29, 0.717) is 0 Å². The van der Waals surface area contributed by atoms with Crippen LogP contribution in [-0.2, 0) is 19.1 Å². The van der Waals surface area contributed by atoms with Crippen molar-refractivity contribution in [2.24, 2.45) is 5.16 Å². The average molecular weight is 306 g/mol. The maximum Gasteiger partial charge on any atom is 1.00 e. The summed E-state index contributed by atoms with van der Waals surface area (Å²) >= 11 is 0. The molecular weight excluding hydrogens is 291 g/mol. The third-order valence-electron chi connectivity index (χ3n) is 3.10. The largest absolute Gasteiger partial charge is 1.00 e. The Morgan fingerprint density at radius 2 is 2.05 bits per heavy atom. The molecule has 0 unspecified atom stereocenters. The summed E-state index contributed by atoms with van der Waals surface area (Å²) in [7, 11) is 0. The first-order chi connectivity index (χ1) is 9.25. The normalized spacial score (nSPS) is 31.9. The van der Waals surface area contributed by atoms with Crippen LogP contribution in [0.1, 0.15) is 20.8 Å². The molecule has 110 valence electrons. The maximum atomic E-state index is 11.2. The minimum absolute atomic E-state index is 0. The molecular formula is C12H15N2NaO6. The molecule has 0 spiro atoms. The van der Waals surface area contributed by atoms with E-state index in [1.165, 1.54) is 6.92 Å². The number of ether oxygens (including phenoxy) is 2. The van der Waals surface area contributed by atoms with Gasteiger partial charge in [-0.25, -0.2) is 0 Å². The Kier molecular flexibility index (Phi) is 5.57. The Balaban J connectivity index is 0.00000220. The van der Waals surface area contributed by atoms with Gasteiger partial charge in [0.05, 0.1) is 5.97 Å². The topological polar surface area (TPSA) is 120 Å². The van der Waals surface area contributed by atoms with Crippen LogP contribution >= 0.6 is 0 Å². The van der Waals surface area contributed by atoms with Crippen molar-refractivity contribution in [2.45, 2.75) is 44.8 Å². The van der Waals surface area contributed by atoms with Crippen LogP contribution in [0.15, 0.2) is 16.8 Å². The van der Waals surface area contributed by atoms with Crippen LogP contribution in [0, 0.1) is 0 Å². The molecule has 1 amide bonds. The molecule has 1 fully saturated rings. The van der Waals surface area contributed by atoms with Crippen molar-refractivity contribution in [1.29, 1.82) is 0 Å². The number of rotatable bonds is 2. The van der Waals surface area contributed by atoms with Gasteiger partial charge in [0.1, 0.15) is 24.0 Å². The van der Waals surface area contributed by atoms with Gasteiger partial charge in [-0.15, -0.1) is 0 Å². The third-order valence-corrected chi connectivity index (χ3v) is 3.10. The number of carbonyl (C=O) groups excluding carboxylic acids is 2. The fourth-order valence-corrected chi connectivity index (χ4v) is 2.41. The fraction of sp³-hybridized carbons (Fsp3) is 0.583. The smallest absolute Gasteiger partial charge is 0.545 e. The third kappa shape index (κ3) is 3.64. The quantitative estimate of drug-likeness (QED) is 0.302. The number of nitrogens with one attached hydrogen (secondary N) is 1. The van der Waals surface area contributed by atoms with Gasteiger partial charge in [0, 0.05) is 12.5 Å². The van der Waals surface area contributed by atoms with Gasteiger partial charge in [-0.3, -0.25) is 4.79 Å². The molecule has 2 aliphatic rings. The molecule has 3 atom stereocenters. The van der Waals surface area contributed by atoms with Crippen LogP contribution in [-0.4, -0.2) is 46.8 Å². The monoisotopic (exact) mass is 306 g/mol. The molecule has 8 nitrogen and oxygen atoms in total. The summed E-state index contributed by atoms with van der Waals surface area (Å²) in [5, 5.41) is 25.7. The fourth-order valence-electron chi connectivity index (χ4n) is 2.41. The van der Waals surface area contributed by atoms with E-state index in [4.69, 9.17) is 14.7 Å². The van der Waals surface area contributed by atoms with Crippen molar-refractivity contribution in [3.05, 3.63) is 11.6 Å². The predicted molar refractivity (Wildman–Crippen MR) is 63.7 cm³/mol. The first-order valence-electron chi connectivity index (χ1n) is 6.03. The number of carboxylic acids is 1. The van der Waals surface area contributed by atoms with Gasteiger partial charge in [-0.05, 0) is 19.9 Å². The second-order valence-corrected chi connectivity index (χ2v) is 5.11. The number of hydrogen-bond donors (Lipinski definition) is 2. The summed E-state index contributed by atoms with van der Waals surface area (Å²) < 4.78 is 11.1. The van der Waals surface area contributed by atoms with Crippen molar-refractivity contribution in [1.82, 2.24) is 5.32 Å². The van der Waals surface area contributed by atoms with E-state index in [-0.39, 0.29) is 46.7 Å². The molecule has 0 radical (unpaired) electrons. The zero-order valence-corrected chi connectivity index (χ0v) is 14.2. The summed E-state index contributed by atoms with van der Waals surface area (Å²) in [5.41, 5.74) is -0.211. The van der Waals surface area contributed by atoms with Crippen molar-refractivity contribution in [3.8, 4) is 0 Å². The van der Waals surface area contributed by atoms with E-state index in [1.54, 1.807) is 13.8 Å². The molecule has 2 N–H and O–H groups in total. The number of nitrogens with zero attached hydrogens (tertiary/aromatic N) is 1. The number of carbonyl (C=O) groups is 2. The van der Waals surface area contributed by atoms with E-state index in [9.17, 15) is 14.7 Å². The number of oxime groups is 1. The summed E-state index contributed by atoms with van der Waals surface area (Å²) in [6, 6.07) is -0.799. The predicted octanol–water partition coefficient (Wildman–Crippen LogP) is -4.46. The average Bonchev–Trinajstić information content (AvgIpc) is 2.63. The van der Waals surface area contributed by atoms with Gasteiger partial charge in [-0.2, -0.15) is 0 Å². The van der Waals surface area contributed by atoms with Crippen molar-refractivity contribution in [2.75, 3.05) is 0 Å². The molecule has 0 aromatic heterocycles. The Morgan fingerprint density at radius 3 is 2.52 bits per heavy atom. The van der Waals surface area contributed by atoms with E-state index >= 15 is 0 Å². The van der Waals surface area contributed by atoms with Gasteiger partial charge in [0.25, 0.3) is 0 Å². The minimum Gasteiger partial charge on any atom is -0.545 e. The van der Waals surface area contributed by atoms with Crippen LogP contribution in [0.5, 0.6) is 0 Å². The molecule has 2 rings (SSSR count). The molecule has 9 heteroatoms. The second-order valence-electron chi connectivity index (χ2n) is 5.11. The van der Waals surface area contributed by atoms with E-state index < -0.39 is 30.0 Å². The van der Waals surface area contributed by atoms with Gasteiger partial charge in [-0.1, -0.05) is 5.16 Å². The van der Waals surface area contributed by atoms with E-state index in [2.05, 4.69) is 10.5 Å². The second kappa shape index (κ2) is 6.45. The van der Waals surface area contributed by atoms with Crippen LogP contribution in [0.25, 0.3) is 0 Å². The molecule has 0 aromatic carbocycles. The maximum absolute atomic E-state index is 11.2. The van der Waals surface area contributed by atoms with Crippen LogP contribution in [0.3, 0.4) is 0 Å². The summed E-state index contributed by atoms with van der Waals surface area (Å²) in [4.78, 5) is 22.4. The van der Waals surface area contributed by atoms with Crippen molar-refractivity contribution < 1.29 is 58.9 Å². The van der Waals surface area contributed by atoms with Crippen molar-refractivity contribution >= 4 is 17.6 Å². The van der Waals surface area contributed by atoms with Gasteiger partial charge < -0.3 is 29.9 Å². The minimum atomic E-state index is -1.44. The Bertz CT molecular complexity index is 516. The van der Waals surface area contributed by atoms with Crippen LogP contribution in [0.4, 0.5) is 0 Å². The Hall–Kier alpha value is -0.930. The summed E-state index contributed by atoms with van der Waals surface area (Å²) in [5.74, 6) is -2.83. The molecule has 1 aliphatic heterocycles. The number of aliphatic carboxylic acids is 1. The summed E-state index contributed by atoms with van der Waals surface area (Å²) in [6.45, 7) is 4.54. The molecule has 21 heavy (non-hydrogen) atoms. The molecule has 0 aromatic rings. The molecule has 1 heterocycles. The zero-order chi connectivity index (χ0) is 15.1. The van der Waals surface area contributed by atoms with Crippen LogP contribution < -0.4 is 40.0 Å². The first kappa shape index (κ1) is 18.1. The zero-order valence-electron chi connectivity index (χ0n) is 12.2. The molecule has 1 aliphatic carbocycles. The molecule has 0 saturated carbocycles. The van der Waals surface area contributed by atoms with E-state index in [1.807, 2.05) is 0 Å². The van der Waals surface area contributed by atoms with Crippen LogP contribution in [0.2, 0.25) is 0 Å². The van der Waals surface area contributed by atoms with Gasteiger partial charge in [0.2, 0.25) is 5.91 Å². The SMILES string of the molecule is CC(=O)N[C@@H]1/C(=N\O)C=C(C(=O)[O-])[C@H]2OC(C)(C)O[C@H]21.[Na+]. The van der Waals surface area contributed by atoms with Gasteiger partial charge >= 0.3 is 29.6 Å². The Morgan fingerprint density at radius 1 is 1.43 bits per heavy atom. The first-order valence-corrected chi connectivity index (χ1v) is 6.03. The number of fused-ring (bicyclic) bond motifs is 1.